The number of piperidine rings is 1. The van der Waals surface area contributed by atoms with Crippen molar-refractivity contribution >= 4 is 0 Å². The Hall–Kier alpha value is -0.120. The van der Waals surface area contributed by atoms with Crippen LogP contribution in [0.4, 0.5) is 0 Å². The minimum Gasteiger partial charge on any atom is -0.375 e. The summed E-state index contributed by atoms with van der Waals surface area (Å²) in [4.78, 5) is 0. The van der Waals surface area contributed by atoms with Crippen LogP contribution in [0.25, 0.3) is 0 Å². The minimum absolute atomic E-state index is 0.0734. The highest BCUT2D eigenvalue weighted by Gasteiger charge is 2.28. The van der Waals surface area contributed by atoms with Gasteiger partial charge in [-0.25, -0.2) is 0 Å². The maximum Gasteiger partial charge on any atom is 0.0641 e. The van der Waals surface area contributed by atoms with Gasteiger partial charge in [0.25, 0.3) is 0 Å². The van der Waals surface area contributed by atoms with Crippen molar-refractivity contribution in [3.8, 4) is 0 Å². The Morgan fingerprint density at radius 2 is 2.00 bits per heavy atom. The van der Waals surface area contributed by atoms with Crippen LogP contribution in [0.2, 0.25) is 0 Å². The summed E-state index contributed by atoms with van der Waals surface area (Å²) >= 11 is 0. The average molecular weight is 226 g/mol. The molecule has 0 bridgehead atoms. The molecule has 2 saturated heterocycles. The summed E-state index contributed by atoms with van der Waals surface area (Å²) in [6.07, 6.45) is 4.99. The normalized spacial score (nSPS) is 31.5. The molecule has 94 valence electrons. The Labute approximate surface area is 99.3 Å². The lowest BCUT2D eigenvalue weighted by Crippen LogP contribution is -2.45. The molecule has 2 fully saturated rings. The fraction of sp³-hybridized carbons (Fsp3) is 1.00. The van der Waals surface area contributed by atoms with Crippen LogP contribution in [-0.2, 0) is 4.74 Å². The van der Waals surface area contributed by atoms with E-state index >= 15 is 0 Å². The second-order valence-electron chi connectivity index (χ2n) is 5.90. The predicted octanol–water partition coefficient (Wildman–Crippen LogP) is 1.53. The molecule has 2 aliphatic rings. The molecule has 0 aromatic heterocycles. The molecule has 1 atom stereocenters. The Morgan fingerprint density at radius 1 is 1.25 bits per heavy atom. The molecule has 3 nitrogen and oxygen atoms in total. The van der Waals surface area contributed by atoms with E-state index in [4.69, 9.17) is 4.74 Å². The molecule has 1 unspecified atom stereocenters. The summed E-state index contributed by atoms with van der Waals surface area (Å²) in [5, 5.41) is 7.16. The summed E-state index contributed by atoms with van der Waals surface area (Å²) < 4.78 is 5.74. The summed E-state index contributed by atoms with van der Waals surface area (Å²) in [5.74, 6) is 0.882. The van der Waals surface area contributed by atoms with Gasteiger partial charge in [-0.2, -0.15) is 0 Å². The highest BCUT2D eigenvalue weighted by atomic mass is 16.5. The summed E-state index contributed by atoms with van der Waals surface area (Å²) in [6.45, 7) is 8.91. The van der Waals surface area contributed by atoms with Crippen molar-refractivity contribution in [1.29, 1.82) is 0 Å². The van der Waals surface area contributed by atoms with E-state index < -0.39 is 0 Å². The molecule has 0 aromatic rings. The van der Waals surface area contributed by atoms with Gasteiger partial charge >= 0.3 is 0 Å². The Bertz CT molecular complexity index is 212. The van der Waals surface area contributed by atoms with Gasteiger partial charge in [0.2, 0.25) is 0 Å². The largest absolute Gasteiger partial charge is 0.375 e. The maximum atomic E-state index is 5.74. The predicted molar refractivity (Wildman–Crippen MR) is 66.6 cm³/mol. The molecule has 2 aliphatic heterocycles. The molecular weight excluding hydrogens is 200 g/mol. The van der Waals surface area contributed by atoms with Gasteiger partial charge in [-0.1, -0.05) is 0 Å². The second-order valence-corrected chi connectivity index (χ2v) is 5.90. The molecule has 2 rings (SSSR count). The molecule has 16 heavy (non-hydrogen) atoms. The van der Waals surface area contributed by atoms with E-state index in [0.29, 0.717) is 6.04 Å². The van der Waals surface area contributed by atoms with Crippen molar-refractivity contribution in [1.82, 2.24) is 10.6 Å². The van der Waals surface area contributed by atoms with Crippen LogP contribution in [0.1, 0.15) is 39.5 Å². The summed E-state index contributed by atoms with van der Waals surface area (Å²) in [5.41, 5.74) is 0.0734. The number of hydrogen-bond donors (Lipinski definition) is 2. The zero-order valence-electron chi connectivity index (χ0n) is 10.7. The Morgan fingerprint density at radius 3 is 2.69 bits per heavy atom. The number of ether oxygens (including phenoxy) is 1. The fourth-order valence-electron chi connectivity index (χ4n) is 2.83. The van der Waals surface area contributed by atoms with E-state index in [9.17, 15) is 0 Å². The number of nitrogens with one attached hydrogen (secondary N) is 2. The standard InChI is InChI=1S/C13H26N2O/c1-13(2)9-12(5-8-16-13)15-10-11-3-6-14-7-4-11/h11-12,14-15H,3-10H2,1-2H3. The van der Waals surface area contributed by atoms with Crippen LogP contribution in [0, 0.1) is 5.92 Å². The van der Waals surface area contributed by atoms with E-state index in [1.54, 1.807) is 0 Å². The third-order valence-corrected chi connectivity index (χ3v) is 3.85. The van der Waals surface area contributed by atoms with Gasteiger partial charge in [0.15, 0.2) is 0 Å². The molecule has 0 saturated carbocycles. The van der Waals surface area contributed by atoms with Crippen LogP contribution in [0.3, 0.4) is 0 Å². The molecular formula is C13H26N2O. The molecule has 0 aromatic carbocycles. The van der Waals surface area contributed by atoms with E-state index in [1.165, 1.54) is 38.9 Å². The highest BCUT2D eigenvalue weighted by molar-refractivity contribution is 4.84. The first-order valence-corrected chi connectivity index (χ1v) is 6.74. The van der Waals surface area contributed by atoms with Crippen molar-refractivity contribution in [2.75, 3.05) is 26.2 Å². The minimum atomic E-state index is 0.0734. The van der Waals surface area contributed by atoms with Gasteiger partial charge in [0.05, 0.1) is 5.60 Å². The van der Waals surface area contributed by atoms with Crippen LogP contribution >= 0.6 is 0 Å². The van der Waals surface area contributed by atoms with Crippen LogP contribution < -0.4 is 10.6 Å². The second kappa shape index (κ2) is 5.48. The molecule has 2 N–H and O–H groups in total. The Kier molecular flexibility index (Phi) is 4.22. The van der Waals surface area contributed by atoms with Gasteiger partial charge in [0.1, 0.15) is 0 Å². The highest BCUT2D eigenvalue weighted by Crippen LogP contribution is 2.24. The monoisotopic (exact) mass is 226 g/mol. The van der Waals surface area contributed by atoms with Crippen LogP contribution in [-0.4, -0.2) is 37.9 Å². The van der Waals surface area contributed by atoms with Crippen molar-refractivity contribution in [2.45, 2.75) is 51.2 Å². The maximum absolute atomic E-state index is 5.74. The van der Waals surface area contributed by atoms with Crippen molar-refractivity contribution in [3.05, 3.63) is 0 Å². The molecule has 0 aliphatic carbocycles. The molecule has 0 radical (unpaired) electrons. The van der Waals surface area contributed by atoms with Crippen molar-refractivity contribution < 1.29 is 4.74 Å². The van der Waals surface area contributed by atoms with E-state index in [2.05, 4.69) is 24.5 Å². The smallest absolute Gasteiger partial charge is 0.0641 e. The first kappa shape index (κ1) is 12.3. The third-order valence-electron chi connectivity index (χ3n) is 3.85. The van der Waals surface area contributed by atoms with Crippen LogP contribution in [0.15, 0.2) is 0 Å². The van der Waals surface area contributed by atoms with E-state index in [-0.39, 0.29) is 5.60 Å². The molecule has 0 spiro atoms. The molecule has 0 amide bonds. The van der Waals surface area contributed by atoms with E-state index in [0.717, 1.165) is 18.9 Å². The van der Waals surface area contributed by atoms with E-state index in [1.807, 2.05) is 0 Å². The Balaban J connectivity index is 1.68. The first-order chi connectivity index (χ1) is 7.66. The lowest BCUT2D eigenvalue weighted by Gasteiger charge is -2.37. The number of hydrogen-bond acceptors (Lipinski definition) is 3. The lowest BCUT2D eigenvalue weighted by molar-refractivity contribution is -0.0632. The molecule has 2 heterocycles. The fourth-order valence-corrected chi connectivity index (χ4v) is 2.83. The van der Waals surface area contributed by atoms with Gasteiger partial charge < -0.3 is 15.4 Å². The van der Waals surface area contributed by atoms with Crippen molar-refractivity contribution in [3.63, 3.8) is 0 Å². The van der Waals surface area contributed by atoms with Crippen LogP contribution in [0.5, 0.6) is 0 Å². The average Bonchev–Trinajstić information content (AvgIpc) is 2.27. The zero-order valence-corrected chi connectivity index (χ0v) is 10.7. The van der Waals surface area contributed by atoms with Gasteiger partial charge in [-0.15, -0.1) is 0 Å². The quantitative estimate of drug-likeness (QED) is 0.766. The SMILES string of the molecule is CC1(C)CC(NCC2CCNCC2)CCO1. The van der Waals surface area contributed by atoms with Gasteiger partial charge in [-0.05, 0) is 65.1 Å². The lowest BCUT2D eigenvalue weighted by atomic mass is 9.92. The third kappa shape index (κ3) is 3.72. The van der Waals surface area contributed by atoms with Gasteiger partial charge in [0, 0.05) is 12.6 Å². The topological polar surface area (TPSA) is 33.3 Å². The van der Waals surface area contributed by atoms with Crippen molar-refractivity contribution in [2.24, 2.45) is 5.92 Å². The molecule has 3 heteroatoms. The zero-order chi connectivity index (χ0) is 11.4. The number of rotatable bonds is 3. The first-order valence-electron chi connectivity index (χ1n) is 6.74. The summed E-state index contributed by atoms with van der Waals surface area (Å²) in [7, 11) is 0. The van der Waals surface area contributed by atoms with Gasteiger partial charge in [-0.3, -0.25) is 0 Å². The summed E-state index contributed by atoms with van der Waals surface area (Å²) in [6, 6.07) is 0.665.